The van der Waals surface area contributed by atoms with Crippen LogP contribution < -0.4 is 5.30 Å². The Labute approximate surface area is 110 Å². The second-order valence-corrected chi connectivity index (χ2v) is 6.23. The van der Waals surface area contributed by atoms with Crippen molar-refractivity contribution in [2.75, 3.05) is 13.2 Å². The van der Waals surface area contributed by atoms with Crippen molar-refractivity contribution < 1.29 is 13.6 Å². The van der Waals surface area contributed by atoms with Gasteiger partial charge >= 0.3 is 7.60 Å². The van der Waals surface area contributed by atoms with Gasteiger partial charge in [-0.15, -0.1) is 0 Å². The van der Waals surface area contributed by atoms with Gasteiger partial charge in [0.1, 0.15) is 0 Å². The van der Waals surface area contributed by atoms with Gasteiger partial charge in [-0.3, -0.25) is 4.57 Å². The number of unbranched alkanes of at least 4 members (excludes halogenated alkanes) is 2. The Balaban J connectivity index is 2.70. The summed E-state index contributed by atoms with van der Waals surface area (Å²) in [6.07, 6.45) is 3.83. The predicted molar refractivity (Wildman–Crippen MR) is 75.4 cm³/mol. The third kappa shape index (κ3) is 4.93. The minimum absolute atomic E-state index is 0.481. The van der Waals surface area contributed by atoms with E-state index in [1.54, 1.807) is 12.1 Å². The summed E-state index contributed by atoms with van der Waals surface area (Å²) in [5.41, 5.74) is 0. The summed E-state index contributed by atoms with van der Waals surface area (Å²) in [6, 6.07) is 9.21. The second-order valence-electron chi connectivity index (χ2n) is 4.21. The van der Waals surface area contributed by atoms with Crippen LogP contribution in [0.15, 0.2) is 30.3 Å². The van der Waals surface area contributed by atoms with Crippen molar-refractivity contribution in [3.05, 3.63) is 30.3 Å². The Kier molecular flexibility index (Phi) is 7.26. The third-order valence-corrected chi connectivity index (χ3v) is 4.57. The molecule has 0 radical (unpaired) electrons. The Morgan fingerprint density at radius 1 is 0.944 bits per heavy atom. The van der Waals surface area contributed by atoms with Crippen molar-refractivity contribution in [1.29, 1.82) is 0 Å². The van der Waals surface area contributed by atoms with Gasteiger partial charge in [0.05, 0.1) is 18.5 Å². The second kappa shape index (κ2) is 8.47. The molecule has 0 unspecified atom stereocenters. The predicted octanol–water partition coefficient (Wildman–Crippen LogP) is 4.14. The third-order valence-electron chi connectivity index (χ3n) is 2.59. The normalized spacial score (nSPS) is 11.7. The SMILES string of the molecule is CCCCOP(=O)(OCCCC)c1ccccc1. The van der Waals surface area contributed by atoms with E-state index in [2.05, 4.69) is 13.8 Å². The highest BCUT2D eigenvalue weighted by Gasteiger charge is 2.26. The first-order valence-electron chi connectivity index (χ1n) is 6.67. The van der Waals surface area contributed by atoms with Crippen molar-refractivity contribution in [2.24, 2.45) is 0 Å². The van der Waals surface area contributed by atoms with Crippen LogP contribution in [0.3, 0.4) is 0 Å². The molecule has 0 aliphatic rings. The molecule has 0 bridgehead atoms. The lowest BCUT2D eigenvalue weighted by Gasteiger charge is -2.18. The van der Waals surface area contributed by atoms with E-state index in [1.807, 2.05) is 18.2 Å². The monoisotopic (exact) mass is 270 g/mol. The molecule has 0 heterocycles. The summed E-state index contributed by atoms with van der Waals surface area (Å²) in [7, 11) is -3.13. The molecule has 18 heavy (non-hydrogen) atoms. The average Bonchev–Trinajstić information content (AvgIpc) is 2.40. The molecular formula is C14H23O3P. The van der Waals surface area contributed by atoms with Crippen molar-refractivity contribution in [2.45, 2.75) is 39.5 Å². The molecule has 3 nitrogen and oxygen atoms in total. The first-order chi connectivity index (χ1) is 8.73. The molecule has 0 amide bonds. The fourth-order valence-corrected chi connectivity index (χ4v) is 3.10. The number of benzene rings is 1. The highest BCUT2D eigenvalue weighted by molar-refractivity contribution is 7.62. The van der Waals surface area contributed by atoms with E-state index >= 15 is 0 Å². The fraction of sp³-hybridized carbons (Fsp3) is 0.571. The Hall–Kier alpha value is -0.630. The van der Waals surface area contributed by atoms with Crippen molar-refractivity contribution in [3.8, 4) is 0 Å². The zero-order valence-electron chi connectivity index (χ0n) is 11.3. The minimum atomic E-state index is -3.13. The number of hydrogen-bond acceptors (Lipinski definition) is 3. The lowest BCUT2D eigenvalue weighted by atomic mass is 10.4. The molecule has 1 rings (SSSR count). The molecule has 0 aliphatic carbocycles. The van der Waals surface area contributed by atoms with E-state index in [9.17, 15) is 4.57 Å². The van der Waals surface area contributed by atoms with Gasteiger partial charge in [0.25, 0.3) is 0 Å². The maximum atomic E-state index is 12.7. The van der Waals surface area contributed by atoms with Crippen LogP contribution in [0.1, 0.15) is 39.5 Å². The molecule has 0 saturated carbocycles. The van der Waals surface area contributed by atoms with Crippen molar-refractivity contribution >= 4 is 12.9 Å². The van der Waals surface area contributed by atoms with E-state index in [0.29, 0.717) is 18.5 Å². The van der Waals surface area contributed by atoms with Gasteiger partial charge < -0.3 is 9.05 Å². The topological polar surface area (TPSA) is 35.5 Å². The maximum Gasteiger partial charge on any atom is 0.361 e. The molecule has 1 aromatic rings. The Morgan fingerprint density at radius 3 is 1.89 bits per heavy atom. The summed E-state index contributed by atoms with van der Waals surface area (Å²) in [4.78, 5) is 0. The lowest BCUT2D eigenvalue weighted by Crippen LogP contribution is -2.11. The van der Waals surface area contributed by atoms with Gasteiger partial charge in [0, 0.05) is 0 Å². The molecule has 0 fully saturated rings. The van der Waals surface area contributed by atoms with Crippen LogP contribution >= 0.6 is 7.60 Å². The molecule has 0 N–H and O–H groups in total. The minimum Gasteiger partial charge on any atom is -0.305 e. The average molecular weight is 270 g/mol. The quantitative estimate of drug-likeness (QED) is 0.499. The summed E-state index contributed by atoms with van der Waals surface area (Å²) >= 11 is 0. The lowest BCUT2D eigenvalue weighted by molar-refractivity contribution is 0.208. The highest BCUT2D eigenvalue weighted by Crippen LogP contribution is 2.47. The molecule has 0 saturated heterocycles. The standard InChI is InChI=1S/C14H23O3P/c1-3-5-12-16-18(15,17-13-6-4-2)14-10-8-7-9-11-14/h7-11H,3-6,12-13H2,1-2H3. The zero-order valence-corrected chi connectivity index (χ0v) is 12.2. The first kappa shape index (κ1) is 15.4. The molecule has 0 aromatic heterocycles. The summed E-state index contributed by atoms with van der Waals surface area (Å²) in [6.45, 7) is 5.12. The van der Waals surface area contributed by atoms with Gasteiger partial charge in [-0.1, -0.05) is 44.9 Å². The van der Waals surface area contributed by atoms with E-state index in [4.69, 9.17) is 9.05 Å². The van der Waals surface area contributed by atoms with E-state index in [-0.39, 0.29) is 0 Å². The van der Waals surface area contributed by atoms with Crippen LogP contribution in [-0.4, -0.2) is 13.2 Å². The van der Waals surface area contributed by atoms with Crippen LogP contribution in [0.2, 0.25) is 0 Å². The van der Waals surface area contributed by atoms with Crippen LogP contribution in [0.25, 0.3) is 0 Å². The molecule has 0 aliphatic heterocycles. The van der Waals surface area contributed by atoms with Crippen LogP contribution in [0, 0.1) is 0 Å². The number of rotatable bonds is 9. The molecule has 0 spiro atoms. The van der Waals surface area contributed by atoms with Crippen LogP contribution in [-0.2, 0) is 13.6 Å². The van der Waals surface area contributed by atoms with Gasteiger partial charge in [0.15, 0.2) is 0 Å². The number of hydrogen-bond donors (Lipinski definition) is 0. The van der Waals surface area contributed by atoms with Gasteiger partial charge in [-0.05, 0) is 25.0 Å². The molecule has 4 heteroatoms. The van der Waals surface area contributed by atoms with Gasteiger partial charge in [-0.25, -0.2) is 0 Å². The van der Waals surface area contributed by atoms with E-state index < -0.39 is 7.60 Å². The first-order valence-corrected chi connectivity index (χ1v) is 8.22. The van der Waals surface area contributed by atoms with E-state index in [1.165, 1.54) is 0 Å². The van der Waals surface area contributed by atoms with Gasteiger partial charge in [0.2, 0.25) is 0 Å². The molecule has 102 valence electrons. The zero-order chi connectivity index (χ0) is 13.3. The fourth-order valence-electron chi connectivity index (χ4n) is 1.46. The Bertz CT molecular complexity index is 351. The van der Waals surface area contributed by atoms with Crippen molar-refractivity contribution in [3.63, 3.8) is 0 Å². The van der Waals surface area contributed by atoms with Gasteiger partial charge in [-0.2, -0.15) is 0 Å². The maximum absolute atomic E-state index is 12.7. The molecule has 0 atom stereocenters. The summed E-state index contributed by atoms with van der Waals surface area (Å²) in [5.74, 6) is 0. The Morgan fingerprint density at radius 2 is 1.44 bits per heavy atom. The largest absolute Gasteiger partial charge is 0.361 e. The highest BCUT2D eigenvalue weighted by atomic mass is 31.2. The van der Waals surface area contributed by atoms with Crippen LogP contribution in [0.4, 0.5) is 0 Å². The van der Waals surface area contributed by atoms with Crippen molar-refractivity contribution in [1.82, 2.24) is 0 Å². The smallest absolute Gasteiger partial charge is 0.305 e. The molecular weight excluding hydrogens is 247 g/mol. The van der Waals surface area contributed by atoms with Crippen LogP contribution in [0.5, 0.6) is 0 Å². The van der Waals surface area contributed by atoms with E-state index in [0.717, 1.165) is 25.7 Å². The summed E-state index contributed by atoms with van der Waals surface area (Å²) in [5, 5.41) is 0.650. The summed E-state index contributed by atoms with van der Waals surface area (Å²) < 4.78 is 23.8. The molecule has 1 aromatic carbocycles.